The van der Waals surface area contributed by atoms with Gasteiger partial charge in [-0.1, -0.05) is 135 Å². The van der Waals surface area contributed by atoms with Crippen LogP contribution in [-0.2, 0) is 5.41 Å². The van der Waals surface area contributed by atoms with Crippen molar-refractivity contribution in [2.45, 2.75) is 37.5 Å². The van der Waals surface area contributed by atoms with Crippen molar-refractivity contribution < 1.29 is 0 Å². The molecule has 44 heavy (non-hydrogen) atoms. The van der Waals surface area contributed by atoms with Crippen LogP contribution >= 0.6 is 0 Å². The zero-order valence-electron chi connectivity index (χ0n) is 24.7. The van der Waals surface area contributed by atoms with E-state index < -0.39 is 0 Å². The molecule has 0 heteroatoms. The van der Waals surface area contributed by atoms with Gasteiger partial charge in [-0.15, -0.1) is 0 Å². The molecule has 0 N–H and O–H groups in total. The minimum absolute atomic E-state index is 0.0928. The number of hydrogen-bond acceptors (Lipinski definition) is 0. The van der Waals surface area contributed by atoms with Crippen LogP contribution in [0.15, 0.2) is 133 Å². The van der Waals surface area contributed by atoms with Crippen LogP contribution in [0.1, 0.15) is 43.2 Å². The summed E-state index contributed by atoms with van der Waals surface area (Å²) in [6, 6.07) is 50.9. The highest BCUT2D eigenvalue weighted by molar-refractivity contribution is 6.25. The molecule has 0 aliphatic heterocycles. The molecule has 0 atom stereocenters. The number of benzene rings is 8. The third kappa shape index (κ3) is 3.34. The van der Waals surface area contributed by atoms with E-state index in [1.807, 2.05) is 0 Å². The van der Waals surface area contributed by atoms with Crippen molar-refractivity contribution in [3.05, 3.63) is 145 Å². The second-order valence-corrected chi connectivity index (χ2v) is 13.2. The predicted molar refractivity (Wildman–Crippen MR) is 188 cm³/mol. The zero-order valence-corrected chi connectivity index (χ0v) is 24.7. The van der Waals surface area contributed by atoms with Gasteiger partial charge in [0.2, 0.25) is 0 Å². The molecule has 208 valence electrons. The summed E-state index contributed by atoms with van der Waals surface area (Å²) < 4.78 is 0. The van der Waals surface area contributed by atoms with Crippen LogP contribution in [0.25, 0.3) is 76.5 Å². The van der Waals surface area contributed by atoms with Gasteiger partial charge < -0.3 is 0 Å². The fourth-order valence-electron chi connectivity index (χ4n) is 8.89. The number of rotatable bonds is 2. The normalized spacial score (nSPS) is 15.5. The lowest BCUT2D eigenvalue weighted by Gasteiger charge is -2.36. The molecule has 2 aliphatic rings. The van der Waals surface area contributed by atoms with Crippen molar-refractivity contribution in [2.24, 2.45) is 0 Å². The molecule has 0 radical (unpaired) electrons. The highest BCUT2D eigenvalue weighted by Crippen LogP contribution is 2.57. The van der Waals surface area contributed by atoms with Gasteiger partial charge in [0, 0.05) is 5.41 Å². The highest BCUT2D eigenvalue weighted by atomic mass is 14.5. The quantitative estimate of drug-likeness (QED) is 0.184. The summed E-state index contributed by atoms with van der Waals surface area (Å²) in [5.41, 5.74) is 11.4. The number of hydrogen-bond donors (Lipinski definition) is 0. The van der Waals surface area contributed by atoms with E-state index in [9.17, 15) is 0 Å². The Morgan fingerprint density at radius 1 is 0.364 bits per heavy atom. The standard InChI is InChI=1S/C44H32/c1-4-23-44(24-5-1)40-26-34(33-14-11-28-7-2-3-8-32(28)25-33)17-20-37(40)38-21-18-35(27-41(38)44)36-19-15-31-13-12-29-9-6-10-30-16-22-39(36)43(31)42(29)30/h2-3,6-22,25-27H,1,4-5,23-24H2. The highest BCUT2D eigenvalue weighted by Gasteiger charge is 2.44. The predicted octanol–water partition coefficient (Wildman–Crippen LogP) is 12.3. The molecule has 0 saturated heterocycles. The monoisotopic (exact) mass is 560 g/mol. The summed E-state index contributed by atoms with van der Waals surface area (Å²) in [6.07, 6.45) is 6.39. The molecular weight excluding hydrogens is 528 g/mol. The molecule has 1 spiro atoms. The topological polar surface area (TPSA) is 0 Å². The van der Waals surface area contributed by atoms with E-state index in [-0.39, 0.29) is 5.41 Å². The van der Waals surface area contributed by atoms with Crippen molar-refractivity contribution in [1.29, 1.82) is 0 Å². The van der Waals surface area contributed by atoms with Crippen LogP contribution in [0.3, 0.4) is 0 Å². The Morgan fingerprint density at radius 2 is 0.909 bits per heavy atom. The third-order valence-corrected chi connectivity index (χ3v) is 11.0. The summed E-state index contributed by atoms with van der Waals surface area (Å²) in [6.45, 7) is 0. The summed E-state index contributed by atoms with van der Waals surface area (Å²) in [7, 11) is 0. The molecule has 0 nitrogen and oxygen atoms in total. The molecule has 1 saturated carbocycles. The van der Waals surface area contributed by atoms with Gasteiger partial charge in [-0.3, -0.25) is 0 Å². The van der Waals surface area contributed by atoms with E-state index in [1.165, 1.54) is 109 Å². The molecule has 0 bridgehead atoms. The molecule has 2 aliphatic carbocycles. The van der Waals surface area contributed by atoms with Crippen molar-refractivity contribution in [1.82, 2.24) is 0 Å². The van der Waals surface area contributed by atoms with Crippen molar-refractivity contribution in [2.75, 3.05) is 0 Å². The molecule has 8 aromatic rings. The third-order valence-electron chi connectivity index (χ3n) is 11.0. The molecule has 0 heterocycles. The Hall–Kier alpha value is -4.94. The van der Waals surface area contributed by atoms with Gasteiger partial charge in [-0.05, 0) is 119 Å². The summed E-state index contributed by atoms with van der Waals surface area (Å²) in [5.74, 6) is 0. The Kier molecular flexibility index (Phi) is 5.03. The molecule has 0 aromatic heterocycles. The van der Waals surface area contributed by atoms with Gasteiger partial charge in [0.15, 0.2) is 0 Å². The first kappa shape index (κ1) is 24.5. The van der Waals surface area contributed by atoms with E-state index >= 15 is 0 Å². The minimum Gasteiger partial charge on any atom is -0.0616 e. The van der Waals surface area contributed by atoms with Crippen LogP contribution in [0.5, 0.6) is 0 Å². The van der Waals surface area contributed by atoms with Gasteiger partial charge in [-0.25, -0.2) is 0 Å². The number of fused-ring (bicyclic) bond motifs is 6. The summed E-state index contributed by atoms with van der Waals surface area (Å²) in [4.78, 5) is 0. The molecule has 10 rings (SSSR count). The fourth-order valence-corrected chi connectivity index (χ4v) is 8.89. The summed E-state index contributed by atoms with van der Waals surface area (Å²) in [5, 5.41) is 10.7. The first-order chi connectivity index (χ1) is 21.8. The Labute approximate surface area is 257 Å². The van der Waals surface area contributed by atoms with Crippen molar-refractivity contribution in [3.63, 3.8) is 0 Å². The van der Waals surface area contributed by atoms with E-state index in [0.29, 0.717) is 0 Å². The Balaban J connectivity index is 1.16. The van der Waals surface area contributed by atoms with Gasteiger partial charge >= 0.3 is 0 Å². The van der Waals surface area contributed by atoms with E-state index in [4.69, 9.17) is 0 Å². The van der Waals surface area contributed by atoms with E-state index in [0.717, 1.165) is 0 Å². The van der Waals surface area contributed by atoms with Gasteiger partial charge in [-0.2, -0.15) is 0 Å². The largest absolute Gasteiger partial charge is 0.0616 e. The Bertz CT molecular complexity index is 2400. The van der Waals surface area contributed by atoms with Gasteiger partial charge in [0.1, 0.15) is 0 Å². The first-order valence-electron chi connectivity index (χ1n) is 16.2. The second kappa shape index (κ2) is 9.04. The summed E-state index contributed by atoms with van der Waals surface area (Å²) >= 11 is 0. The first-order valence-corrected chi connectivity index (χ1v) is 16.2. The average molecular weight is 561 g/mol. The molecule has 1 fully saturated rings. The van der Waals surface area contributed by atoms with E-state index in [1.54, 1.807) is 11.1 Å². The molecule has 0 amide bonds. The van der Waals surface area contributed by atoms with Crippen molar-refractivity contribution in [3.8, 4) is 33.4 Å². The average Bonchev–Trinajstić information content (AvgIpc) is 3.34. The maximum atomic E-state index is 2.57. The molecule has 8 aromatic carbocycles. The fraction of sp³-hybridized carbons (Fsp3) is 0.136. The smallest absolute Gasteiger partial charge is 0.0215 e. The van der Waals surface area contributed by atoms with Crippen LogP contribution in [0.2, 0.25) is 0 Å². The molecular formula is C44H32. The van der Waals surface area contributed by atoms with Crippen molar-refractivity contribution >= 4 is 43.1 Å². The van der Waals surface area contributed by atoms with Crippen LogP contribution in [-0.4, -0.2) is 0 Å². The van der Waals surface area contributed by atoms with Gasteiger partial charge in [0.05, 0.1) is 0 Å². The molecule has 0 unspecified atom stereocenters. The minimum atomic E-state index is 0.0928. The van der Waals surface area contributed by atoms with Gasteiger partial charge in [0.25, 0.3) is 0 Å². The maximum Gasteiger partial charge on any atom is 0.0215 e. The lowest BCUT2D eigenvalue weighted by molar-refractivity contribution is 0.353. The zero-order chi connectivity index (χ0) is 28.8. The lowest BCUT2D eigenvalue weighted by Crippen LogP contribution is -2.28. The van der Waals surface area contributed by atoms with E-state index in [2.05, 4.69) is 133 Å². The lowest BCUT2D eigenvalue weighted by atomic mass is 9.67. The Morgan fingerprint density at radius 3 is 1.70 bits per heavy atom. The SMILES string of the molecule is c1ccc2cc(-c3ccc4c(c3)C3(CCCCC3)c3cc(-c5ccc6ccc7cccc8ccc5c6c78)ccc3-4)ccc2c1. The van der Waals surface area contributed by atoms with Crippen LogP contribution in [0, 0.1) is 0 Å². The van der Waals surface area contributed by atoms with Crippen LogP contribution < -0.4 is 0 Å². The second-order valence-electron chi connectivity index (χ2n) is 13.2. The van der Waals surface area contributed by atoms with Crippen LogP contribution in [0.4, 0.5) is 0 Å². The maximum absolute atomic E-state index is 2.57.